The van der Waals surface area contributed by atoms with Crippen molar-refractivity contribution in [2.24, 2.45) is 0 Å². The third kappa shape index (κ3) is 6.27. The number of sulfonamides is 1. The predicted molar refractivity (Wildman–Crippen MR) is 127 cm³/mol. The maximum Gasteiger partial charge on any atom is 0.340 e. The second-order valence-corrected chi connectivity index (χ2v) is 9.59. The summed E-state index contributed by atoms with van der Waals surface area (Å²) < 4.78 is 42.7. The van der Waals surface area contributed by atoms with Crippen LogP contribution in [0.3, 0.4) is 0 Å². The van der Waals surface area contributed by atoms with Gasteiger partial charge < -0.3 is 24.5 Å². The van der Waals surface area contributed by atoms with Crippen LogP contribution in [0.2, 0.25) is 0 Å². The highest BCUT2D eigenvalue weighted by atomic mass is 32.2. The highest BCUT2D eigenvalue weighted by Gasteiger charge is 2.26. The van der Waals surface area contributed by atoms with E-state index in [1.807, 2.05) is 0 Å². The van der Waals surface area contributed by atoms with E-state index >= 15 is 0 Å². The number of esters is 1. The van der Waals surface area contributed by atoms with Gasteiger partial charge in [-0.3, -0.25) is 4.79 Å². The van der Waals surface area contributed by atoms with E-state index in [4.69, 9.17) is 13.9 Å². The van der Waals surface area contributed by atoms with Crippen LogP contribution in [-0.2, 0) is 30.8 Å². The Morgan fingerprint density at radius 2 is 1.80 bits per heavy atom. The monoisotopic (exact) mass is 499 g/mol. The molecule has 10 nitrogen and oxygen atoms in total. The van der Waals surface area contributed by atoms with E-state index in [0.29, 0.717) is 31.2 Å². The fraction of sp³-hybridized carbons (Fsp3) is 0.250. The molecule has 1 saturated heterocycles. The first kappa shape index (κ1) is 24.5. The van der Waals surface area contributed by atoms with Crippen molar-refractivity contribution >= 4 is 33.3 Å². The van der Waals surface area contributed by atoms with Gasteiger partial charge in [0.15, 0.2) is 6.61 Å². The molecule has 0 unspecified atom stereocenters. The number of nitrogens with one attached hydrogen (secondary N) is 2. The number of nitrogens with zero attached hydrogens (tertiary/aromatic N) is 1. The van der Waals surface area contributed by atoms with Crippen LogP contribution in [-0.4, -0.2) is 57.5 Å². The molecular formula is C24H25N3O7S. The molecule has 2 heterocycles. The van der Waals surface area contributed by atoms with Crippen molar-refractivity contribution in [1.82, 2.24) is 4.31 Å². The van der Waals surface area contributed by atoms with Gasteiger partial charge in [0.25, 0.3) is 5.91 Å². The molecule has 2 aromatic carbocycles. The molecule has 35 heavy (non-hydrogen) atoms. The molecule has 4 rings (SSSR count). The van der Waals surface area contributed by atoms with Crippen LogP contribution in [0.25, 0.3) is 0 Å². The molecular weight excluding hydrogens is 474 g/mol. The largest absolute Gasteiger partial charge is 0.467 e. The van der Waals surface area contributed by atoms with Gasteiger partial charge >= 0.3 is 5.97 Å². The van der Waals surface area contributed by atoms with E-state index in [1.54, 1.807) is 48.7 Å². The first-order valence-corrected chi connectivity index (χ1v) is 12.4. The normalized spacial score (nSPS) is 14.3. The first-order chi connectivity index (χ1) is 16.9. The SMILES string of the molecule is O=C(COC(=O)c1ccccc1NCc1ccco1)Nc1cccc(S(=O)(=O)N2CCOCC2)c1. The van der Waals surface area contributed by atoms with Crippen LogP contribution in [0.5, 0.6) is 0 Å². The van der Waals surface area contributed by atoms with E-state index in [1.165, 1.54) is 22.5 Å². The molecule has 184 valence electrons. The lowest BCUT2D eigenvalue weighted by Gasteiger charge is -2.26. The summed E-state index contributed by atoms with van der Waals surface area (Å²) in [5, 5.41) is 5.68. The van der Waals surface area contributed by atoms with Crippen LogP contribution < -0.4 is 10.6 Å². The van der Waals surface area contributed by atoms with Gasteiger partial charge in [-0.2, -0.15) is 4.31 Å². The summed E-state index contributed by atoms with van der Waals surface area (Å²) in [6.45, 7) is 1.05. The summed E-state index contributed by atoms with van der Waals surface area (Å²) in [7, 11) is -3.71. The maximum atomic E-state index is 12.8. The van der Waals surface area contributed by atoms with Gasteiger partial charge in [0, 0.05) is 24.5 Å². The second kappa shape index (κ2) is 11.2. The zero-order chi connectivity index (χ0) is 24.7. The summed E-state index contributed by atoms with van der Waals surface area (Å²) >= 11 is 0. The minimum Gasteiger partial charge on any atom is -0.467 e. The van der Waals surface area contributed by atoms with Crippen molar-refractivity contribution < 1.29 is 31.9 Å². The van der Waals surface area contributed by atoms with Crippen LogP contribution in [0.4, 0.5) is 11.4 Å². The van der Waals surface area contributed by atoms with Crippen molar-refractivity contribution in [3.63, 3.8) is 0 Å². The Balaban J connectivity index is 1.34. The molecule has 0 atom stereocenters. The average Bonchev–Trinajstić information content (AvgIpc) is 3.41. The van der Waals surface area contributed by atoms with E-state index in [2.05, 4.69) is 10.6 Å². The summed E-state index contributed by atoms with van der Waals surface area (Å²) in [4.78, 5) is 25.0. The van der Waals surface area contributed by atoms with E-state index in [-0.39, 0.29) is 29.2 Å². The van der Waals surface area contributed by atoms with Crippen LogP contribution in [0, 0.1) is 0 Å². The Labute approximate surface area is 202 Å². The number of para-hydroxylation sites is 1. The van der Waals surface area contributed by atoms with Gasteiger partial charge in [-0.1, -0.05) is 18.2 Å². The molecule has 0 radical (unpaired) electrons. The van der Waals surface area contributed by atoms with E-state index in [9.17, 15) is 18.0 Å². The number of hydrogen-bond acceptors (Lipinski definition) is 8. The summed E-state index contributed by atoms with van der Waals surface area (Å²) in [6.07, 6.45) is 1.56. The van der Waals surface area contributed by atoms with Crippen molar-refractivity contribution in [2.75, 3.05) is 43.5 Å². The number of carbonyl (C=O) groups is 2. The number of ether oxygens (including phenoxy) is 2. The number of anilines is 2. The van der Waals surface area contributed by atoms with Gasteiger partial charge in [0.05, 0.1) is 36.5 Å². The third-order valence-electron chi connectivity index (χ3n) is 5.24. The Hall–Kier alpha value is -3.67. The first-order valence-electron chi connectivity index (χ1n) is 10.9. The number of morpholine rings is 1. The fourth-order valence-corrected chi connectivity index (χ4v) is 4.94. The minimum atomic E-state index is -3.71. The van der Waals surface area contributed by atoms with Gasteiger partial charge in [-0.25, -0.2) is 13.2 Å². The highest BCUT2D eigenvalue weighted by Crippen LogP contribution is 2.21. The molecule has 1 aliphatic heterocycles. The molecule has 1 fully saturated rings. The van der Waals surface area contributed by atoms with E-state index in [0.717, 1.165) is 0 Å². The smallest absolute Gasteiger partial charge is 0.340 e. The fourth-order valence-electron chi connectivity index (χ4n) is 3.49. The summed E-state index contributed by atoms with van der Waals surface area (Å²) in [6, 6.07) is 16.3. The van der Waals surface area contributed by atoms with Gasteiger partial charge in [-0.15, -0.1) is 0 Å². The second-order valence-electron chi connectivity index (χ2n) is 7.65. The Morgan fingerprint density at radius 1 is 1.00 bits per heavy atom. The number of benzene rings is 2. The molecule has 1 amide bonds. The number of carbonyl (C=O) groups excluding carboxylic acids is 2. The zero-order valence-electron chi connectivity index (χ0n) is 18.8. The van der Waals surface area contributed by atoms with Crippen LogP contribution in [0.1, 0.15) is 16.1 Å². The molecule has 11 heteroatoms. The van der Waals surface area contributed by atoms with Crippen LogP contribution in [0.15, 0.2) is 76.2 Å². The number of furan rings is 1. The van der Waals surface area contributed by atoms with Gasteiger partial charge in [0.2, 0.25) is 10.0 Å². The number of rotatable bonds is 9. The Kier molecular flexibility index (Phi) is 7.80. The Bertz CT molecular complexity index is 1270. The molecule has 0 saturated carbocycles. The standard InChI is InChI=1S/C24H25N3O7S/c28-23(26-18-5-3-7-20(15-18)35(30,31)27-10-13-32-14-11-27)17-34-24(29)21-8-1-2-9-22(21)25-16-19-6-4-12-33-19/h1-9,12,15,25H,10-11,13-14,16-17H2,(H,26,28). The molecule has 3 aromatic rings. The lowest BCUT2D eigenvalue weighted by atomic mass is 10.2. The lowest BCUT2D eigenvalue weighted by Crippen LogP contribution is -2.40. The molecule has 0 spiro atoms. The molecule has 0 bridgehead atoms. The maximum absolute atomic E-state index is 12.8. The molecule has 1 aromatic heterocycles. The van der Waals surface area contributed by atoms with Crippen molar-refractivity contribution in [2.45, 2.75) is 11.4 Å². The predicted octanol–water partition coefficient (Wildman–Crippen LogP) is 2.71. The number of amides is 1. The number of hydrogen-bond donors (Lipinski definition) is 2. The summed E-state index contributed by atoms with van der Waals surface area (Å²) in [5.41, 5.74) is 1.08. The quantitative estimate of drug-likeness (QED) is 0.430. The molecule has 2 N–H and O–H groups in total. The highest BCUT2D eigenvalue weighted by molar-refractivity contribution is 7.89. The van der Waals surface area contributed by atoms with Crippen LogP contribution >= 0.6 is 0 Å². The van der Waals surface area contributed by atoms with Crippen molar-refractivity contribution in [1.29, 1.82) is 0 Å². The Morgan fingerprint density at radius 3 is 2.57 bits per heavy atom. The van der Waals surface area contributed by atoms with Gasteiger partial charge in [0.1, 0.15) is 5.76 Å². The molecule has 0 aliphatic carbocycles. The topological polar surface area (TPSA) is 127 Å². The lowest BCUT2D eigenvalue weighted by molar-refractivity contribution is -0.119. The van der Waals surface area contributed by atoms with Gasteiger partial charge in [-0.05, 0) is 42.5 Å². The average molecular weight is 500 g/mol. The third-order valence-corrected chi connectivity index (χ3v) is 7.13. The minimum absolute atomic E-state index is 0.0609. The zero-order valence-corrected chi connectivity index (χ0v) is 19.6. The summed E-state index contributed by atoms with van der Waals surface area (Å²) in [5.74, 6) is -0.572. The van der Waals surface area contributed by atoms with Crippen molar-refractivity contribution in [3.8, 4) is 0 Å². The molecule has 1 aliphatic rings. The van der Waals surface area contributed by atoms with Crippen molar-refractivity contribution in [3.05, 3.63) is 78.3 Å². The van der Waals surface area contributed by atoms with E-state index < -0.39 is 28.5 Å².